The molecule has 2 nitrogen and oxygen atoms in total. The zero-order chi connectivity index (χ0) is 16.8. The Kier molecular flexibility index (Phi) is 5.46. The van der Waals surface area contributed by atoms with Crippen molar-refractivity contribution in [2.75, 3.05) is 7.11 Å². The van der Waals surface area contributed by atoms with Crippen LogP contribution in [0.5, 0.6) is 11.5 Å². The number of rotatable bonds is 5. The summed E-state index contributed by atoms with van der Waals surface area (Å²) in [4.78, 5) is 0. The first-order chi connectivity index (χ1) is 11.0. The van der Waals surface area contributed by atoms with E-state index in [9.17, 15) is 13.2 Å². The second-order valence-electron chi connectivity index (χ2n) is 4.76. The van der Waals surface area contributed by atoms with Gasteiger partial charge in [0.15, 0.2) is 0 Å². The van der Waals surface area contributed by atoms with Crippen LogP contribution < -0.4 is 9.47 Å². The van der Waals surface area contributed by atoms with Crippen LogP contribution in [-0.2, 0) is 0 Å². The summed E-state index contributed by atoms with van der Waals surface area (Å²) >= 11 is 0. The molecule has 2 rings (SSSR count). The first-order valence-electron chi connectivity index (χ1n) is 6.81. The molecule has 0 atom stereocenters. The van der Waals surface area contributed by atoms with Gasteiger partial charge in [0.2, 0.25) is 0 Å². The van der Waals surface area contributed by atoms with Crippen LogP contribution in [0.4, 0.5) is 13.2 Å². The van der Waals surface area contributed by atoms with E-state index in [1.54, 1.807) is 19.2 Å². The van der Waals surface area contributed by atoms with Crippen molar-refractivity contribution in [3.8, 4) is 11.5 Å². The van der Waals surface area contributed by atoms with Crippen LogP contribution in [-0.4, -0.2) is 7.11 Å². The Balaban J connectivity index is 2.13. The molecule has 0 unspecified atom stereocenters. The Morgan fingerprint density at radius 2 is 1.43 bits per heavy atom. The summed E-state index contributed by atoms with van der Waals surface area (Å²) in [6.07, 6.45) is -0.558. The predicted molar refractivity (Wildman–Crippen MR) is 84.0 cm³/mol. The van der Waals surface area contributed by atoms with Crippen LogP contribution in [0.3, 0.4) is 0 Å². The highest BCUT2D eigenvalue weighted by molar-refractivity contribution is 5.80. The van der Waals surface area contributed by atoms with Crippen molar-refractivity contribution in [1.29, 1.82) is 0 Å². The summed E-state index contributed by atoms with van der Waals surface area (Å²) < 4.78 is 46.1. The largest absolute Gasteiger partial charge is 0.497 e. The highest BCUT2D eigenvalue weighted by atomic mass is 19.3. The lowest BCUT2D eigenvalue weighted by molar-refractivity contribution is 0.241. The third-order valence-corrected chi connectivity index (χ3v) is 3.16. The minimum absolute atomic E-state index is 0.00884. The molecular weight excluding hydrogens is 305 g/mol. The van der Waals surface area contributed by atoms with Gasteiger partial charge in [0, 0.05) is 0 Å². The number of ether oxygens (including phenoxy) is 2. The maximum absolute atomic E-state index is 12.7. The molecule has 23 heavy (non-hydrogen) atoms. The molecule has 0 fully saturated rings. The van der Waals surface area contributed by atoms with Gasteiger partial charge in [-0.15, -0.1) is 0 Å². The van der Waals surface area contributed by atoms with Gasteiger partial charge in [-0.1, -0.05) is 30.3 Å². The molecule has 0 aliphatic heterocycles. The maximum atomic E-state index is 12.7. The van der Waals surface area contributed by atoms with E-state index in [0.717, 1.165) is 22.4 Å². The minimum Gasteiger partial charge on any atom is -0.497 e. The lowest BCUT2D eigenvalue weighted by Gasteiger charge is -2.05. The smallest absolute Gasteiger partial charge is 0.344 e. The fourth-order valence-corrected chi connectivity index (χ4v) is 1.96. The lowest BCUT2D eigenvalue weighted by atomic mass is 10.0. The van der Waals surface area contributed by atoms with E-state index >= 15 is 0 Å². The number of allylic oxidation sites excluding steroid dienone is 1. The van der Waals surface area contributed by atoms with Gasteiger partial charge in [0.25, 0.3) is 0 Å². The lowest BCUT2D eigenvalue weighted by Crippen LogP contribution is -1.90. The number of halogens is 3. The number of benzene rings is 2. The SMILES string of the molecule is COc1ccc(/C(C)=C/c2ccc(OC(F)=C(F)F)cc2)cc1. The first-order valence-corrected chi connectivity index (χ1v) is 6.81. The molecular formula is C18H15F3O2. The van der Waals surface area contributed by atoms with Gasteiger partial charge in [0.1, 0.15) is 11.5 Å². The molecule has 0 aromatic heterocycles. The average Bonchev–Trinajstić information content (AvgIpc) is 2.56. The topological polar surface area (TPSA) is 18.5 Å². The first kappa shape index (κ1) is 16.7. The van der Waals surface area contributed by atoms with Gasteiger partial charge in [-0.05, 0) is 47.9 Å². The van der Waals surface area contributed by atoms with Crippen LogP contribution in [0.1, 0.15) is 18.1 Å². The molecule has 0 N–H and O–H groups in total. The van der Waals surface area contributed by atoms with Crippen LogP contribution in [0.2, 0.25) is 0 Å². The second kappa shape index (κ2) is 7.54. The molecule has 2 aromatic rings. The van der Waals surface area contributed by atoms with E-state index in [2.05, 4.69) is 4.74 Å². The number of hydrogen-bond acceptors (Lipinski definition) is 2. The minimum atomic E-state index is -2.48. The van der Waals surface area contributed by atoms with Gasteiger partial charge >= 0.3 is 12.1 Å². The molecule has 0 saturated heterocycles. The van der Waals surface area contributed by atoms with E-state index in [4.69, 9.17) is 4.74 Å². The van der Waals surface area contributed by atoms with E-state index in [1.165, 1.54) is 12.1 Å². The van der Waals surface area contributed by atoms with Crippen LogP contribution in [0, 0.1) is 0 Å². The van der Waals surface area contributed by atoms with Crippen molar-refractivity contribution in [2.45, 2.75) is 6.92 Å². The molecule has 120 valence electrons. The zero-order valence-electron chi connectivity index (χ0n) is 12.6. The highest BCUT2D eigenvalue weighted by Gasteiger charge is 2.07. The quantitative estimate of drug-likeness (QED) is 0.522. The Morgan fingerprint density at radius 1 is 0.870 bits per heavy atom. The Labute approximate surface area is 132 Å². The number of methoxy groups -OCH3 is 1. The molecule has 0 heterocycles. The fraction of sp³-hybridized carbons (Fsp3) is 0.111. The van der Waals surface area contributed by atoms with Crippen LogP contribution >= 0.6 is 0 Å². The van der Waals surface area contributed by atoms with Crippen molar-refractivity contribution < 1.29 is 22.6 Å². The fourth-order valence-electron chi connectivity index (χ4n) is 1.96. The third-order valence-electron chi connectivity index (χ3n) is 3.16. The van der Waals surface area contributed by atoms with Gasteiger partial charge in [0.05, 0.1) is 7.11 Å². The van der Waals surface area contributed by atoms with Crippen LogP contribution in [0.15, 0.2) is 60.6 Å². The average molecular weight is 320 g/mol. The van der Waals surface area contributed by atoms with Crippen LogP contribution in [0.25, 0.3) is 11.6 Å². The molecule has 2 aromatic carbocycles. The van der Waals surface area contributed by atoms with E-state index in [1.807, 2.05) is 37.3 Å². The Morgan fingerprint density at radius 3 is 1.96 bits per heavy atom. The summed E-state index contributed by atoms with van der Waals surface area (Å²) in [5.74, 6) is 0.785. The van der Waals surface area contributed by atoms with E-state index in [-0.39, 0.29) is 5.75 Å². The standard InChI is InChI=1S/C18H15F3O2/c1-12(14-5-9-15(22-2)10-6-14)11-13-3-7-16(8-4-13)23-18(21)17(19)20/h3-11H,1-2H3/b12-11+. The Hall–Kier alpha value is -2.69. The van der Waals surface area contributed by atoms with Gasteiger partial charge < -0.3 is 9.47 Å². The molecule has 0 saturated carbocycles. The summed E-state index contributed by atoms with van der Waals surface area (Å²) in [6, 6.07) is 11.9. The van der Waals surface area contributed by atoms with E-state index in [0.29, 0.717) is 0 Å². The molecule has 0 spiro atoms. The zero-order valence-corrected chi connectivity index (χ0v) is 12.6. The maximum Gasteiger partial charge on any atom is 0.344 e. The van der Waals surface area contributed by atoms with E-state index < -0.39 is 12.1 Å². The molecule has 5 heteroatoms. The van der Waals surface area contributed by atoms with Gasteiger partial charge in [-0.25, -0.2) is 0 Å². The molecule has 0 bridgehead atoms. The van der Waals surface area contributed by atoms with Crippen molar-refractivity contribution in [3.05, 3.63) is 71.8 Å². The summed E-state index contributed by atoms with van der Waals surface area (Å²) in [7, 11) is 1.61. The summed E-state index contributed by atoms with van der Waals surface area (Å²) in [5, 5.41) is 0. The second-order valence-corrected chi connectivity index (χ2v) is 4.76. The summed E-state index contributed by atoms with van der Waals surface area (Å²) in [5.41, 5.74) is 2.89. The van der Waals surface area contributed by atoms with Crippen molar-refractivity contribution in [1.82, 2.24) is 0 Å². The predicted octanol–water partition coefficient (Wildman–Crippen LogP) is 5.67. The highest BCUT2D eigenvalue weighted by Crippen LogP contribution is 2.23. The van der Waals surface area contributed by atoms with Crippen molar-refractivity contribution in [3.63, 3.8) is 0 Å². The Bertz CT molecular complexity index is 713. The third kappa shape index (κ3) is 4.64. The molecule has 0 aliphatic rings. The van der Waals surface area contributed by atoms with Gasteiger partial charge in [-0.3, -0.25) is 0 Å². The van der Waals surface area contributed by atoms with Gasteiger partial charge in [-0.2, -0.15) is 13.2 Å². The summed E-state index contributed by atoms with van der Waals surface area (Å²) in [6.45, 7) is 1.95. The van der Waals surface area contributed by atoms with Crippen molar-refractivity contribution >= 4 is 11.6 Å². The molecule has 0 radical (unpaired) electrons. The molecule has 0 amide bonds. The normalized spacial score (nSPS) is 11.1. The number of hydrogen-bond donors (Lipinski definition) is 0. The van der Waals surface area contributed by atoms with Crippen molar-refractivity contribution in [2.24, 2.45) is 0 Å². The molecule has 0 aliphatic carbocycles. The monoisotopic (exact) mass is 320 g/mol.